The number of carbonyl (C=O) groups is 1. The average Bonchev–Trinajstić information content (AvgIpc) is 3.22. The van der Waals surface area contributed by atoms with Crippen LogP contribution >= 0.6 is 11.3 Å². The zero-order valence-electron chi connectivity index (χ0n) is 15.6. The molecule has 5 nitrogen and oxygen atoms in total. The van der Waals surface area contributed by atoms with Crippen LogP contribution < -0.4 is 5.32 Å². The highest BCUT2D eigenvalue weighted by molar-refractivity contribution is 7.91. The van der Waals surface area contributed by atoms with Crippen molar-refractivity contribution in [1.82, 2.24) is 4.98 Å². The second-order valence-electron chi connectivity index (χ2n) is 6.45. The van der Waals surface area contributed by atoms with Gasteiger partial charge in [0, 0.05) is 10.9 Å². The predicted octanol–water partition coefficient (Wildman–Crippen LogP) is 5.01. The van der Waals surface area contributed by atoms with Gasteiger partial charge in [-0.25, -0.2) is 13.4 Å². The molecule has 0 aliphatic heterocycles. The first-order valence-electron chi connectivity index (χ1n) is 9.06. The van der Waals surface area contributed by atoms with E-state index in [2.05, 4.69) is 16.4 Å². The van der Waals surface area contributed by atoms with Gasteiger partial charge < -0.3 is 0 Å². The number of thiazole rings is 1. The zero-order valence-corrected chi connectivity index (χ0v) is 17.3. The molecule has 0 atom stereocenters. The van der Waals surface area contributed by atoms with Crippen molar-refractivity contribution in [3.63, 3.8) is 0 Å². The fourth-order valence-electron chi connectivity index (χ4n) is 3.06. The third kappa shape index (κ3) is 3.92. The second kappa shape index (κ2) is 7.77. The maximum absolute atomic E-state index is 12.7. The number of nitrogens with one attached hydrogen (secondary N) is 1. The number of amides is 1. The molecular formula is C22H18N2O3S2. The van der Waals surface area contributed by atoms with Gasteiger partial charge in [0.15, 0.2) is 15.0 Å². The van der Waals surface area contributed by atoms with E-state index >= 15 is 0 Å². The van der Waals surface area contributed by atoms with Gasteiger partial charge in [-0.2, -0.15) is 0 Å². The number of aromatic nitrogens is 1. The maximum Gasteiger partial charge on any atom is 0.258 e. The van der Waals surface area contributed by atoms with E-state index < -0.39 is 15.7 Å². The molecule has 0 radical (unpaired) electrons. The van der Waals surface area contributed by atoms with Gasteiger partial charge in [-0.1, -0.05) is 55.5 Å². The van der Waals surface area contributed by atoms with Crippen LogP contribution in [0, 0.1) is 0 Å². The Morgan fingerprint density at radius 1 is 1.00 bits per heavy atom. The molecular weight excluding hydrogens is 404 g/mol. The first kappa shape index (κ1) is 19.3. The van der Waals surface area contributed by atoms with E-state index in [9.17, 15) is 13.2 Å². The van der Waals surface area contributed by atoms with E-state index in [0.29, 0.717) is 5.13 Å². The molecule has 0 spiro atoms. The van der Waals surface area contributed by atoms with Gasteiger partial charge in [-0.05, 0) is 29.0 Å². The number of hydrogen-bond donors (Lipinski definition) is 1. The summed E-state index contributed by atoms with van der Waals surface area (Å²) >= 11 is 1.30. The van der Waals surface area contributed by atoms with E-state index in [-0.39, 0.29) is 16.2 Å². The minimum absolute atomic E-state index is 0.0336. The molecule has 0 fully saturated rings. The number of anilines is 1. The Morgan fingerprint density at radius 3 is 2.52 bits per heavy atom. The van der Waals surface area contributed by atoms with Crippen LogP contribution in [0.3, 0.4) is 0 Å². The summed E-state index contributed by atoms with van der Waals surface area (Å²) in [5, 5.41) is 7.27. The van der Waals surface area contributed by atoms with Crippen LogP contribution in [0.1, 0.15) is 17.3 Å². The van der Waals surface area contributed by atoms with Crippen molar-refractivity contribution in [1.29, 1.82) is 0 Å². The minimum atomic E-state index is -3.50. The summed E-state index contributed by atoms with van der Waals surface area (Å²) in [4.78, 5) is 17.2. The Kier molecular flexibility index (Phi) is 5.17. The molecule has 4 rings (SSSR count). The molecule has 7 heteroatoms. The summed E-state index contributed by atoms with van der Waals surface area (Å²) in [5.74, 6) is -0.558. The SMILES string of the molecule is CCS(=O)(=O)c1ccccc1C(=O)Nc1nc(-c2ccc3ccccc3c2)cs1. The van der Waals surface area contributed by atoms with Crippen molar-refractivity contribution >= 4 is 43.0 Å². The second-order valence-corrected chi connectivity index (χ2v) is 9.56. The summed E-state index contributed by atoms with van der Waals surface area (Å²) in [7, 11) is -3.50. The van der Waals surface area contributed by atoms with Crippen LogP contribution in [0.15, 0.2) is 77.0 Å². The van der Waals surface area contributed by atoms with E-state index in [1.807, 2.05) is 41.8 Å². The number of fused-ring (bicyclic) bond motifs is 1. The highest BCUT2D eigenvalue weighted by atomic mass is 32.2. The maximum atomic E-state index is 12.7. The Labute approximate surface area is 173 Å². The van der Waals surface area contributed by atoms with Crippen molar-refractivity contribution in [2.24, 2.45) is 0 Å². The van der Waals surface area contributed by atoms with Crippen LogP contribution in [0.2, 0.25) is 0 Å². The summed E-state index contributed by atoms with van der Waals surface area (Å²) in [6, 6.07) is 20.4. The standard InChI is InChI=1S/C22H18N2O3S2/c1-2-29(26,27)20-10-6-5-9-18(20)21(25)24-22-23-19(14-28-22)17-12-11-15-7-3-4-8-16(15)13-17/h3-14H,2H2,1H3,(H,23,24,25). The van der Waals surface area contributed by atoms with Crippen molar-refractivity contribution in [3.8, 4) is 11.3 Å². The molecule has 1 heterocycles. The smallest absolute Gasteiger partial charge is 0.258 e. The fourth-order valence-corrected chi connectivity index (χ4v) is 4.87. The average molecular weight is 423 g/mol. The normalized spacial score (nSPS) is 11.5. The molecule has 0 saturated carbocycles. The number of carbonyl (C=O) groups excluding carboxylic acids is 1. The van der Waals surface area contributed by atoms with Crippen LogP contribution in [0.4, 0.5) is 5.13 Å². The highest BCUT2D eigenvalue weighted by Crippen LogP contribution is 2.28. The lowest BCUT2D eigenvalue weighted by Gasteiger charge is -2.08. The van der Waals surface area contributed by atoms with Crippen molar-refractivity contribution < 1.29 is 13.2 Å². The van der Waals surface area contributed by atoms with Gasteiger partial charge in [0.2, 0.25) is 0 Å². The monoisotopic (exact) mass is 422 g/mol. The fraction of sp³-hybridized carbons (Fsp3) is 0.0909. The van der Waals surface area contributed by atoms with Crippen molar-refractivity contribution in [2.45, 2.75) is 11.8 Å². The first-order valence-corrected chi connectivity index (χ1v) is 11.6. The number of hydrogen-bond acceptors (Lipinski definition) is 5. The van der Waals surface area contributed by atoms with Crippen LogP contribution in [-0.2, 0) is 9.84 Å². The Bertz CT molecular complexity index is 1310. The predicted molar refractivity (Wildman–Crippen MR) is 117 cm³/mol. The third-order valence-corrected chi connectivity index (χ3v) is 7.16. The summed E-state index contributed by atoms with van der Waals surface area (Å²) in [5.41, 5.74) is 1.83. The Hall–Kier alpha value is -3.03. The molecule has 0 unspecified atom stereocenters. The molecule has 0 aliphatic carbocycles. The molecule has 0 saturated heterocycles. The zero-order chi connectivity index (χ0) is 20.4. The molecule has 1 amide bonds. The van der Waals surface area contributed by atoms with Gasteiger partial charge in [0.05, 0.1) is 21.9 Å². The van der Waals surface area contributed by atoms with Crippen LogP contribution in [0.25, 0.3) is 22.0 Å². The van der Waals surface area contributed by atoms with Gasteiger partial charge >= 0.3 is 0 Å². The van der Waals surface area contributed by atoms with E-state index in [0.717, 1.165) is 22.0 Å². The van der Waals surface area contributed by atoms with E-state index in [1.165, 1.54) is 23.5 Å². The Balaban J connectivity index is 1.60. The van der Waals surface area contributed by atoms with Crippen LogP contribution in [0.5, 0.6) is 0 Å². The molecule has 3 aromatic carbocycles. The molecule has 4 aromatic rings. The van der Waals surface area contributed by atoms with Gasteiger partial charge in [0.1, 0.15) is 0 Å². The van der Waals surface area contributed by atoms with Crippen LogP contribution in [-0.4, -0.2) is 25.1 Å². The quantitative estimate of drug-likeness (QED) is 0.491. The van der Waals surface area contributed by atoms with E-state index in [1.54, 1.807) is 19.1 Å². The molecule has 0 bridgehead atoms. The number of nitrogens with zero attached hydrogens (tertiary/aromatic N) is 1. The molecule has 0 aliphatic rings. The molecule has 1 aromatic heterocycles. The number of sulfone groups is 1. The third-order valence-electron chi connectivity index (χ3n) is 4.62. The van der Waals surface area contributed by atoms with Gasteiger partial charge in [0.25, 0.3) is 5.91 Å². The molecule has 146 valence electrons. The van der Waals surface area contributed by atoms with Gasteiger partial charge in [-0.3, -0.25) is 10.1 Å². The first-order chi connectivity index (χ1) is 14.0. The van der Waals surface area contributed by atoms with Gasteiger partial charge in [-0.15, -0.1) is 11.3 Å². The summed E-state index contributed by atoms with van der Waals surface area (Å²) < 4.78 is 24.6. The number of benzene rings is 3. The highest BCUT2D eigenvalue weighted by Gasteiger charge is 2.21. The van der Waals surface area contributed by atoms with Crippen molar-refractivity contribution in [2.75, 3.05) is 11.1 Å². The number of rotatable bonds is 5. The van der Waals surface area contributed by atoms with E-state index in [4.69, 9.17) is 0 Å². The molecule has 1 N–H and O–H groups in total. The minimum Gasteiger partial charge on any atom is -0.298 e. The summed E-state index contributed by atoms with van der Waals surface area (Å²) in [6.45, 7) is 1.56. The summed E-state index contributed by atoms with van der Waals surface area (Å²) in [6.07, 6.45) is 0. The molecule has 29 heavy (non-hydrogen) atoms. The Morgan fingerprint density at radius 2 is 1.72 bits per heavy atom. The lowest BCUT2D eigenvalue weighted by molar-refractivity contribution is 0.102. The lowest BCUT2D eigenvalue weighted by atomic mass is 10.1. The lowest BCUT2D eigenvalue weighted by Crippen LogP contribution is -2.17. The largest absolute Gasteiger partial charge is 0.298 e. The topological polar surface area (TPSA) is 76.1 Å². The van der Waals surface area contributed by atoms with Crippen molar-refractivity contribution in [3.05, 3.63) is 77.7 Å².